The summed E-state index contributed by atoms with van der Waals surface area (Å²) < 4.78 is 2.13. The van der Waals surface area contributed by atoms with Crippen LogP contribution in [0, 0.1) is 6.92 Å². The molecule has 0 aliphatic carbocycles. The van der Waals surface area contributed by atoms with Crippen molar-refractivity contribution >= 4 is 16.9 Å². The number of aryl methyl sites for hydroxylation is 2. The second kappa shape index (κ2) is 4.16. The van der Waals surface area contributed by atoms with Crippen molar-refractivity contribution in [2.45, 2.75) is 39.7 Å². The number of nitrogens with zero attached hydrogens (tertiary/aromatic N) is 1. The molecule has 0 amide bonds. The Morgan fingerprint density at radius 1 is 1.39 bits per heavy atom. The van der Waals surface area contributed by atoms with Crippen LogP contribution in [0.2, 0.25) is 0 Å². The van der Waals surface area contributed by atoms with Gasteiger partial charge in [-0.15, -0.1) is 0 Å². The van der Waals surface area contributed by atoms with E-state index in [9.17, 15) is 9.90 Å². The van der Waals surface area contributed by atoms with Crippen LogP contribution in [0.25, 0.3) is 10.9 Å². The number of carboxylic acids is 1. The molecular weight excluding hydrogens is 226 g/mol. The number of para-hydroxylation sites is 1. The molecule has 0 saturated heterocycles. The van der Waals surface area contributed by atoms with Gasteiger partial charge in [0.15, 0.2) is 0 Å². The molecule has 1 aromatic heterocycles. The third-order valence-electron chi connectivity index (χ3n) is 3.65. The number of hydrogen-bond donors (Lipinski definition) is 1. The molecule has 0 fully saturated rings. The first-order valence-corrected chi connectivity index (χ1v) is 6.22. The predicted octanol–water partition coefficient (Wildman–Crippen LogP) is 3.33. The van der Waals surface area contributed by atoms with Gasteiger partial charge >= 0.3 is 5.97 Å². The quantitative estimate of drug-likeness (QED) is 0.901. The van der Waals surface area contributed by atoms with Gasteiger partial charge in [-0.05, 0) is 38.8 Å². The zero-order valence-electron chi connectivity index (χ0n) is 11.3. The SMILES string of the molecule is CCn1cc(C)c2cccc(C(C)(C)C(=O)O)c21. The van der Waals surface area contributed by atoms with Crippen molar-refractivity contribution < 1.29 is 9.90 Å². The molecule has 0 spiro atoms. The van der Waals surface area contributed by atoms with Crippen molar-refractivity contribution in [1.29, 1.82) is 0 Å². The number of hydrogen-bond acceptors (Lipinski definition) is 1. The van der Waals surface area contributed by atoms with Crippen LogP contribution in [-0.4, -0.2) is 15.6 Å². The molecule has 1 aromatic carbocycles. The summed E-state index contributed by atoms with van der Waals surface area (Å²) in [6.07, 6.45) is 2.09. The number of carbonyl (C=O) groups is 1. The van der Waals surface area contributed by atoms with E-state index in [-0.39, 0.29) is 0 Å². The van der Waals surface area contributed by atoms with E-state index >= 15 is 0 Å². The molecule has 0 unspecified atom stereocenters. The Kier molecular flexibility index (Phi) is 2.93. The first kappa shape index (κ1) is 12.7. The van der Waals surface area contributed by atoms with Crippen molar-refractivity contribution in [2.24, 2.45) is 0 Å². The molecule has 96 valence electrons. The van der Waals surface area contributed by atoms with Gasteiger partial charge in [-0.3, -0.25) is 4.79 Å². The maximum atomic E-state index is 11.5. The van der Waals surface area contributed by atoms with Crippen LogP contribution in [0.1, 0.15) is 31.9 Å². The molecular formula is C15H19NO2. The van der Waals surface area contributed by atoms with Crippen LogP contribution in [0.15, 0.2) is 24.4 Å². The monoisotopic (exact) mass is 245 g/mol. The summed E-state index contributed by atoms with van der Waals surface area (Å²) in [5.74, 6) is -0.795. The minimum absolute atomic E-state index is 0.795. The molecule has 1 N–H and O–H groups in total. The van der Waals surface area contributed by atoms with Crippen molar-refractivity contribution in [3.63, 3.8) is 0 Å². The highest BCUT2D eigenvalue weighted by Gasteiger charge is 2.32. The standard InChI is InChI=1S/C15H19NO2/c1-5-16-9-10(2)11-7-6-8-12(13(11)16)15(3,4)14(17)18/h6-9H,5H2,1-4H3,(H,17,18). The lowest BCUT2D eigenvalue weighted by atomic mass is 9.83. The smallest absolute Gasteiger partial charge is 0.313 e. The summed E-state index contributed by atoms with van der Waals surface area (Å²) in [4.78, 5) is 11.5. The minimum Gasteiger partial charge on any atom is -0.481 e. The number of aromatic nitrogens is 1. The minimum atomic E-state index is -0.878. The molecule has 2 rings (SSSR count). The van der Waals surface area contributed by atoms with Gasteiger partial charge in [0, 0.05) is 18.1 Å². The Balaban J connectivity index is 2.83. The highest BCUT2D eigenvalue weighted by Crippen LogP contribution is 2.33. The van der Waals surface area contributed by atoms with Crippen molar-refractivity contribution in [3.8, 4) is 0 Å². The molecule has 0 saturated carbocycles. The van der Waals surface area contributed by atoms with E-state index < -0.39 is 11.4 Å². The Labute approximate surface area is 107 Å². The van der Waals surface area contributed by atoms with Gasteiger partial charge in [0.25, 0.3) is 0 Å². The first-order valence-electron chi connectivity index (χ1n) is 6.22. The second-order valence-electron chi connectivity index (χ2n) is 5.23. The van der Waals surface area contributed by atoms with Crippen LogP contribution in [0.4, 0.5) is 0 Å². The molecule has 18 heavy (non-hydrogen) atoms. The fraction of sp³-hybridized carbons (Fsp3) is 0.400. The van der Waals surface area contributed by atoms with E-state index in [1.807, 2.05) is 12.1 Å². The fourth-order valence-corrected chi connectivity index (χ4v) is 2.41. The predicted molar refractivity (Wildman–Crippen MR) is 73.0 cm³/mol. The van der Waals surface area contributed by atoms with Crippen LogP contribution in [-0.2, 0) is 16.8 Å². The average Bonchev–Trinajstić information content (AvgIpc) is 2.66. The fourth-order valence-electron chi connectivity index (χ4n) is 2.41. The molecule has 0 radical (unpaired) electrons. The zero-order chi connectivity index (χ0) is 13.5. The Morgan fingerprint density at radius 2 is 2.06 bits per heavy atom. The summed E-state index contributed by atoms with van der Waals surface area (Å²) in [5.41, 5.74) is 2.24. The Bertz CT molecular complexity index is 608. The summed E-state index contributed by atoms with van der Waals surface area (Å²) in [6.45, 7) is 8.49. The number of rotatable bonds is 3. The van der Waals surface area contributed by atoms with Crippen LogP contribution < -0.4 is 0 Å². The Hall–Kier alpha value is -1.77. The van der Waals surface area contributed by atoms with Gasteiger partial charge in [-0.2, -0.15) is 0 Å². The van der Waals surface area contributed by atoms with Gasteiger partial charge in [-0.1, -0.05) is 18.2 Å². The van der Waals surface area contributed by atoms with Gasteiger partial charge in [0.1, 0.15) is 0 Å². The van der Waals surface area contributed by atoms with E-state index in [0.29, 0.717) is 0 Å². The molecule has 3 heteroatoms. The van der Waals surface area contributed by atoms with E-state index in [1.54, 1.807) is 13.8 Å². The summed E-state index contributed by atoms with van der Waals surface area (Å²) in [6, 6.07) is 5.91. The van der Waals surface area contributed by atoms with E-state index in [0.717, 1.165) is 23.0 Å². The highest BCUT2D eigenvalue weighted by molar-refractivity contribution is 5.92. The van der Waals surface area contributed by atoms with Crippen molar-refractivity contribution in [1.82, 2.24) is 4.57 Å². The largest absolute Gasteiger partial charge is 0.481 e. The summed E-state index contributed by atoms with van der Waals surface area (Å²) in [7, 11) is 0. The van der Waals surface area contributed by atoms with E-state index in [2.05, 4.69) is 30.7 Å². The van der Waals surface area contributed by atoms with Crippen LogP contribution in [0.3, 0.4) is 0 Å². The number of fused-ring (bicyclic) bond motifs is 1. The lowest BCUT2D eigenvalue weighted by molar-refractivity contribution is -0.142. The van der Waals surface area contributed by atoms with E-state index in [4.69, 9.17) is 0 Å². The zero-order valence-corrected chi connectivity index (χ0v) is 11.3. The normalized spacial score (nSPS) is 12.0. The van der Waals surface area contributed by atoms with Gasteiger partial charge in [0.2, 0.25) is 0 Å². The topological polar surface area (TPSA) is 42.2 Å². The van der Waals surface area contributed by atoms with Crippen molar-refractivity contribution in [3.05, 3.63) is 35.5 Å². The van der Waals surface area contributed by atoms with Crippen LogP contribution in [0.5, 0.6) is 0 Å². The highest BCUT2D eigenvalue weighted by atomic mass is 16.4. The second-order valence-corrected chi connectivity index (χ2v) is 5.23. The van der Waals surface area contributed by atoms with Gasteiger partial charge in [-0.25, -0.2) is 0 Å². The number of benzene rings is 1. The molecule has 3 nitrogen and oxygen atoms in total. The molecule has 1 heterocycles. The molecule has 0 aliphatic rings. The van der Waals surface area contributed by atoms with Gasteiger partial charge in [0.05, 0.1) is 10.9 Å². The lowest BCUT2D eigenvalue weighted by Gasteiger charge is -2.22. The first-order chi connectivity index (χ1) is 8.39. The van der Waals surface area contributed by atoms with Crippen molar-refractivity contribution in [2.75, 3.05) is 0 Å². The Morgan fingerprint density at radius 3 is 2.61 bits per heavy atom. The lowest BCUT2D eigenvalue weighted by Crippen LogP contribution is -2.29. The third kappa shape index (κ3) is 1.70. The van der Waals surface area contributed by atoms with E-state index in [1.165, 1.54) is 5.56 Å². The number of aliphatic carboxylic acids is 1. The third-order valence-corrected chi connectivity index (χ3v) is 3.65. The summed E-state index contributed by atoms with van der Waals surface area (Å²) in [5, 5.41) is 10.6. The molecule has 0 aliphatic heterocycles. The summed E-state index contributed by atoms with van der Waals surface area (Å²) >= 11 is 0. The molecule has 0 atom stereocenters. The number of carboxylic acid groups (broad SMARTS) is 1. The maximum absolute atomic E-state index is 11.5. The molecule has 2 aromatic rings. The van der Waals surface area contributed by atoms with Gasteiger partial charge < -0.3 is 9.67 Å². The van der Waals surface area contributed by atoms with Crippen LogP contribution >= 0.6 is 0 Å². The average molecular weight is 245 g/mol. The molecule has 0 bridgehead atoms. The maximum Gasteiger partial charge on any atom is 0.313 e.